The molecule has 4 aromatic rings. The number of rotatable bonds is 2. The Labute approximate surface area is 300 Å². The van der Waals surface area contributed by atoms with Gasteiger partial charge in [0.1, 0.15) is 0 Å². The van der Waals surface area contributed by atoms with Crippen molar-refractivity contribution < 1.29 is 49.8 Å². The Hall–Kier alpha value is -1.34. The molecule has 0 radical (unpaired) electrons. The molecule has 13 heteroatoms. The van der Waals surface area contributed by atoms with Crippen LogP contribution in [0, 0.1) is 0 Å². The molecule has 4 rings (SSSR count). The standard InChI is InChI=1S/2C11H8O2.2CH2O3.3Ca/c2*12-11(13)10-6-5-8-3-1-2-4-9(8)7-10;2*2-1(3)4;;;/h2*1-7H,(H,12,13);2*(H2,2,3,4);;;/q;;;;3*+2/p-6. The predicted octanol–water partition coefficient (Wildman–Crippen LogP) is -3.63. The van der Waals surface area contributed by atoms with Crippen LogP contribution in [0.2, 0.25) is 0 Å². The van der Waals surface area contributed by atoms with E-state index in [-0.39, 0.29) is 124 Å². The number of aromatic carboxylic acids is 2. The smallest absolute Gasteiger partial charge is 0.652 e. The number of fused-ring (bicyclic) bond motifs is 2. The fourth-order valence-electron chi connectivity index (χ4n) is 2.63. The molecule has 0 aliphatic heterocycles. The summed E-state index contributed by atoms with van der Waals surface area (Å²) in [6, 6.07) is 25.1. The first-order valence-corrected chi connectivity index (χ1v) is 9.17. The molecular formula is C24H14Ca3O10. The number of hydrogen-bond donors (Lipinski definition) is 0. The third-order valence-electron chi connectivity index (χ3n) is 3.97. The van der Waals surface area contributed by atoms with Crippen LogP contribution in [-0.4, -0.2) is 137 Å². The van der Waals surface area contributed by atoms with E-state index in [1.54, 1.807) is 36.4 Å². The fraction of sp³-hybridized carbons (Fsp3) is 0. The van der Waals surface area contributed by atoms with Crippen molar-refractivity contribution in [1.29, 1.82) is 0 Å². The van der Waals surface area contributed by atoms with E-state index in [1.807, 2.05) is 48.5 Å². The Morgan fingerprint density at radius 3 is 0.892 bits per heavy atom. The minimum absolute atomic E-state index is 0. The Morgan fingerprint density at radius 2 is 0.649 bits per heavy atom. The van der Waals surface area contributed by atoms with Gasteiger partial charge in [-0.3, -0.25) is 0 Å². The van der Waals surface area contributed by atoms with Gasteiger partial charge in [0, 0.05) is 0 Å². The van der Waals surface area contributed by atoms with E-state index >= 15 is 0 Å². The summed E-state index contributed by atoms with van der Waals surface area (Å²) in [6.45, 7) is 0. The molecule has 0 aromatic heterocycles. The van der Waals surface area contributed by atoms with E-state index < -0.39 is 24.2 Å². The van der Waals surface area contributed by atoms with E-state index in [1.165, 1.54) is 0 Å². The molecule has 0 aliphatic carbocycles. The fourth-order valence-corrected chi connectivity index (χ4v) is 2.63. The van der Waals surface area contributed by atoms with Crippen molar-refractivity contribution in [3.63, 3.8) is 0 Å². The molecule has 0 unspecified atom stereocenters. The van der Waals surface area contributed by atoms with Crippen LogP contribution in [0.25, 0.3) is 21.5 Å². The quantitative estimate of drug-likeness (QED) is 0.212. The monoisotopic (exact) mass is 582 g/mol. The van der Waals surface area contributed by atoms with Gasteiger partial charge in [0.05, 0.1) is 11.9 Å². The number of carboxylic acid groups (broad SMARTS) is 6. The van der Waals surface area contributed by atoms with E-state index in [0.29, 0.717) is 0 Å². The van der Waals surface area contributed by atoms with E-state index in [9.17, 15) is 19.8 Å². The Kier molecular flexibility index (Phi) is 23.4. The summed E-state index contributed by atoms with van der Waals surface area (Å²) in [5.74, 6) is -2.27. The number of benzene rings is 4. The van der Waals surface area contributed by atoms with Gasteiger partial charge in [-0.15, -0.1) is 0 Å². The van der Waals surface area contributed by atoms with Crippen molar-refractivity contribution >= 4 is 159 Å². The van der Waals surface area contributed by atoms with E-state index in [0.717, 1.165) is 21.5 Å². The van der Waals surface area contributed by atoms with Crippen LogP contribution in [0.3, 0.4) is 0 Å². The Balaban J connectivity index is -0.000000458. The maximum Gasteiger partial charge on any atom is 2.00 e. The molecule has 0 heterocycles. The average molecular weight is 583 g/mol. The average Bonchev–Trinajstić information content (AvgIpc) is 2.78. The Morgan fingerprint density at radius 1 is 0.405 bits per heavy atom. The second-order valence-corrected chi connectivity index (χ2v) is 6.20. The van der Waals surface area contributed by atoms with Crippen LogP contribution in [0.1, 0.15) is 20.7 Å². The van der Waals surface area contributed by atoms with Crippen molar-refractivity contribution in [2.24, 2.45) is 0 Å². The first-order valence-electron chi connectivity index (χ1n) is 9.17. The molecule has 0 spiro atoms. The van der Waals surface area contributed by atoms with Crippen LogP contribution < -0.4 is 30.6 Å². The van der Waals surface area contributed by atoms with E-state index in [4.69, 9.17) is 30.0 Å². The first-order chi connectivity index (χ1) is 16.0. The summed E-state index contributed by atoms with van der Waals surface area (Å²) in [5, 5.41) is 58.3. The van der Waals surface area contributed by atoms with Gasteiger partial charge < -0.3 is 49.8 Å². The van der Waals surface area contributed by atoms with Gasteiger partial charge in [0.15, 0.2) is 0 Å². The SMILES string of the molecule is O=C([O-])[O-].O=C([O-])[O-].O=C([O-])c1ccc2ccccc2c1.O=C([O-])c1ccc2ccccc2c1.[Ca+2].[Ca+2].[Ca+2]. The van der Waals surface area contributed by atoms with Gasteiger partial charge >= 0.3 is 113 Å². The summed E-state index contributed by atoms with van der Waals surface area (Å²) in [6.07, 6.45) is -4.67. The first kappa shape index (κ1) is 40.2. The van der Waals surface area contributed by atoms with Crippen LogP contribution in [-0.2, 0) is 0 Å². The molecule has 37 heavy (non-hydrogen) atoms. The topological polar surface area (TPSA) is 207 Å². The van der Waals surface area contributed by atoms with Gasteiger partial charge in [-0.1, -0.05) is 72.8 Å². The number of carbonyl (C=O) groups excluding carboxylic acids is 4. The third-order valence-corrected chi connectivity index (χ3v) is 3.97. The van der Waals surface area contributed by atoms with Crippen molar-refractivity contribution in [2.75, 3.05) is 0 Å². The van der Waals surface area contributed by atoms with Gasteiger partial charge in [-0.05, 0) is 57.1 Å². The zero-order valence-electron chi connectivity index (χ0n) is 19.3. The second kappa shape index (κ2) is 21.6. The molecule has 0 fully saturated rings. The van der Waals surface area contributed by atoms with Crippen molar-refractivity contribution in [1.82, 2.24) is 0 Å². The second-order valence-electron chi connectivity index (χ2n) is 6.20. The molecule has 0 N–H and O–H groups in total. The summed E-state index contributed by atoms with van der Waals surface area (Å²) in [4.78, 5) is 37.7. The normalized spacial score (nSPS) is 8.43. The Bertz CT molecular complexity index is 1200. The molecule has 0 amide bonds. The largest absolute Gasteiger partial charge is 2.00 e. The van der Waals surface area contributed by atoms with Crippen molar-refractivity contribution in [2.45, 2.75) is 0 Å². The molecule has 0 aliphatic rings. The number of carbonyl (C=O) groups is 4. The maximum absolute atomic E-state index is 10.5. The van der Waals surface area contributed by atoms with Crippen LogP contribution >= 0.6 is 0 Å². The van der Waals surface area contributed by atoms with Gasteiger partial charge in [0.2, 0.25) is 0 Å². The molecule has 0 saturated carbocycles. The van der Waals surface area contributed by atoms with Gasteiger partial charge in [0.25, 0.3) is 0 Å². The zero-order chi connectivity index (χ0) is 25.7. The summed E-state index contributed by atoms with van der Waals surface area (Å²) < 4.78 is 0. The minimum atomic E-state index is -2.33. The van der Waals surface area contributed by atoms with Gasteiger partial charge in [-0.2, -0.15) is 0 Å². The number of hydrogen-bond acceptors (Lipinski definition) is 10. The zero-order valence-corrected chi connectivity index (χ0v) is 25.9. The molecule has 176 valence electrons. The van der Waals surface area contributed by atoms with Crippen molar-refractivity contribution in [3.05, 3.63) is 96.1 Å². The summed E-state index contributed by atoms with van der Waals surface area (Å²) in [5.41, 5.74) is 0.442. The summed E-state index contributed by atoms with van der Waals surface area (Å²) >= 11 is 0. The molecule has 10 nitrogen and oxygen atoms in total. The third kappa shape index (κ3) is 17.0. The van der Waals surface area contributed by atoms with Crippen LogP contribution in [0.5, 0.6) is 0 Å². The molecule has 0 atom stereocenters. The maximum atomic E-state index is 10.5. The molecule has 4 aromatic carbocycles. The molecule has 0 bridgehead atoms. The van der Waals surface area contributed by atoms with Gasteiger partial charge in [-0.25, -0.2) is 0 Å². The molecular weight excluding hydrogens is 568 g/mol. The van der Waals surface area contributed by atoms with Crippen LogP contribution in [0.15, 0.2) is 84.9 Å². The predicted molar refractivity (Wildman–Crippen MR) is 125 cm³/mol. The molecule has 0 saturated heterocycles. The minimum Gasteiger partial charge on any atom is -0.652 e. The van der Waals surface area contributed by atoms with Crippen LogP contribution in [0.4, 0.5) is 9.59 Å². The van der Waals surface area contributed by atoms with Crippen molar-refractivity contribution in [3.8, 4) is 0 Å². The summed E-state index contributed by atoms with van der Waals surface area (Å²) in [7, 11) is 0. The number of carboxylic acids is 2. The van der Waals surface area contributed by atoms with E-state index in [2.05, 4.69) is 0 Å².